The number of ether oxygens (including phenoxy) is 1. The van der Waals surface area contributed by atoms with Gasteiger partial charge in [0.05, 0.1) is 37.1 Å². The van der Waals surface area contributed by atoms with E-state index in [4.69, 9.17) is 10.5 Å². The molecule has 0 aliphatic heterocycles. The van der Waals surface area contributed by atoms with Crippen molar-refractivity contribution >= 4 is 91.5 Å². The van der Waals surface area contributed by atoms with Crippen LogP contribution in [0.1, 0.15) is 124 Å². The summed E-state index contributed by atoms with van der Waals surface area (Å²) in [6.45, 7) is -0.353. The Kier molecular flexibility index (Phi) is 30.1. The number of fused-ring (bicyclic) bond motifs is 1. The number of Topliss-reactive ketones (excluding diaryl/α,β-unsaturated/α-hetero) is 4. The molecule has 4 aromatic carbocycles. The first-order chi connectivity index (χ1) is 44.3. The minimum absolute atomic E-state index is 0.0475. The van der Waals surface area contributed by atoms with Crippen LogP contribution in [0.5, 0.6) is 5.75 Å². The highest BCUT2D eigenvalue weighted by atomic mass is 32.2. The summed E-state index contributed by atoms with van der Waals surface area (Å²) >= 11 is 0. The van der Waals surface area contributed by atoms with E-state index in [9.17, 15) is 85.7 Å². The molecule has 1 aromatic heterocycles. The summed E-state index contributed by atoms with van der Waals surface area (Å²) in [5, 5.41) is 40.1. The van der Waals surface area contributed by atoms with Gasteiger partial charge in [-0.15, -0.1) is 0 Å². The lowest BCUT2D eigenvalue weighted by molar-refractivity contribution is -0.140. The van der Waals surface area contributed by atoms with Crippen LogP contribution in [0.4, 0.5) is 4.39 Å². The first kappa shape index (κ1) is 74.2. The number of methoxy groups -OCH3 is 1. The molecule has 0 aliphatic carbocycles. The van der Waals surface area contributed by atoms with Crippen molar-refractivity contribution in [2.75, 3.05) is 26.7 Å². The lowest BCUT2D eigenvalue weighted by Gasteiger charge is -2.24. The highest BCUT2D eigenvalue weighted by Crippen LogP contribution is 2.25. The molecule has 0 fully saturated rings. The fourth-order valence-corrected chi connectivity index (χ4v) is 11.7. The van der Waals surface area contributed by atoms with Crippen molar-refractivity contribution in [1.29, 1.82) is 0 Å². The molecule has 0 saturated heterocycles. The Balaban J connectivity index is 1.24. The average Bonchev–Trinajstić information content (AvgIpc) is 1.84. The number of carboxylic acid groups (broad SMARTS) is 3. The van der Waals surface area contributed by atoms with E-state index >= 15 is 0 Å². The molecule has 27 heteroatoms. The molecule has 25 nitrogen and oxygen atoms in total. The molecule has 5 rings (SSSR count). The number of aromatic nitrogens is 1. The van der Waals surface area contributed by atoms with Gasteiger partial charge in [0.15, 0.2) is 17.3 Å². The zero-order chi connectivity index (χ0) is 68.0. The molecule has 0 unspecified atom stereocenters. The van der Waals surface area contributed by atoms with Gasteiger partial charge in [0.25, 0.3) is 5.91 Å². The molecule has 5 amide bonds. The first-order valence-electron chi connectivity index (χ1n) is 30.5. The molecule has 500 valence electrons. The van der Waals surface area contributed by atoms with E-state index in [-0.39, 0.29) is 60.8 Å². The number of rotatable bonds is 45. The Hall–Kier alpha value is -9.50. The first-order valence-corrected chi connectivity index (χ1v) is 32.0. The summed E-state index contributed by atoms with van der Waals surface area (Å²) in [6.07, 6.45) is -1.12. The van der Waals surface area contributed by atoms with Crippen molar-refractivity contribution in [3.8, 4) is 5.75 Å². The SMILES string of the molecule is COc1ccc(S(=O)(=O)N[C@H](CC(=O)O)C(=O)C[C@@H](CCC(=O)O)C(=O)NCC(=O)C[C@@H](Cc2cccc(F)c2)C(=O)N[C@@H](Cc2c[nH]c3ccccc23)C(=O)C[C@@H](CCC(=O)O)C(=O)NCCCCCC(=O)C[C@@H](CCCCNC(=O)c2ccccc2)C(N)=O)cc1. The number of carbonyl (C=O) groups is 12. The Labute approximate surface area is 537 Å². The number of primary amides is 1. The summed E-state index contributed by atoms with van der Waals surface area (Å²) in [4.78, 5) is 160. The summed E-state index contributed by atoms with van der Waals surface area (Å²) in [7, 11) is -3.21. The minimum Gasteiger partial charge on any atom is -0.497 e. The molecule has 0 bridgehead atoms. The van der Waals surface area contributed by atoms with Gasteiger partial charge in [0.1, 0.15) is 17.3 Å². The number of sulfonamides is 1. The van der Waals surface area contributed by atoms with Crippen molar-refractivity contribution in [3.63, 3.8) is 0 Å². The molecule has 0 saturated carbocycles. The van der Waals surface area contributed by atoms with Gasteiger partial charge in [-0.05, 0) is 111 Å². The maximum atomic E-state index is 14.7. The number of para-hydroxylation sites is 1. The molecular formula is C66H80FN7O18S. The van der Waals surface area contributed by atoms with E-state index in [1.807, 2.05) is 4.72 Å². The third-order valence-electron chi connectivity index (χ3n) is 15.6. The number of carboxylic acids is 3. The second kappa shape index (κ2) is 37.7. The maximum Gasteiger partial charge on any atom is 0.305 e. The van der Waals surface area contributed by atoms with Crippen molar-refractivity contribution in [3.05, 3.63) is 132 Å². The number of unbranched alkanes of at least 4 members (excludes halogenated alkanes) is 3. The van der Waals surface area contributed by atoms with E-state index in [1.54, 1.807) is 60.8 Å². The number of nitrogens with two attached hydrogens (primary N) is 1. The number of nitrogens with one attached hydrogen (secondary N) is 6. The van der Waals surface area contributed by atoms with E-state index in [2.05, 4.69) is 26.3 Å². The molecule has 93 heavy (non-hydrogen) atoms. The highest BCUT2D eigenvalue weighted by molar-refractivity contribution is 7.89. The Morgan fingerprint density at radius 3 is 1.82 bits per heavy atom. The number of hydrogen-bond donors (Lipinski definition) is 10. The second-order valence-electron chi connectivity index (χ2n) is 22.7. The number of aliphatic carboxylic acids is 3. The molecule has 6 atom stereocenters. The number of halogens is 1. The van der Waals surface area contributed by atoms with E-state index in [1.165, 1.54) is 31.4 Å². The van der Waals surface area contributed by atoms with Crippen LogP contribution in [0.15, 0.2) is 114 Å². The number of carbonyl (C=O) groups excluding carboxylic acids is 9. The van der Waals surface area contributed by atoms with Crippen LogP contribution in [0.25, 0.3) is 10.9 Å². The quantitative estimate of drug-likeness (QED) is 0.0221. The van der Waals surface area contributed by atoms with E-state index < -0.39 is 162 Å². The average molecular weight is 1310 g/mol. The minimum atomic E-state index is -4.55. The Bertz CT molecular complexity index is 3550. The lowest BCUT2D eigenvalue weighted by atomic mass is 9.89. The molecular weight excluding hydrogens is 1230 g/mol. The monoisotopic (exact) mass is 1310 g/mol. The number of H-pyrrole nitrogens is 1. The van der Waals surface area contributed by atoms with Gasteiger partial charge in [0.2, 0.25) is 33.7 Å². The molecule has 0 spiro atoms. The predicted molar refractivity (Wildman–Crippen MR) is 336 cm³/mol. The largest absolute Gasteiger partial charge is 0.497 e. The standard InChI is InChI=1S/C66H80FN7O18S/c1-92-51-23-25-52(26-24-51)93(90,91)74-56(38-61(83)84)58(78)37-45(22-28-60(81)82)65(88)72-40-50(76)34-46(31-41-13-12-17-48(67)32-41)66(89)73-55(35-47-39-71-54-20-8-7-19-53(47)54)57(77)36-44(21-27-59(79)80)64(87)70-29-10-3-6-18-49(75)33-43(62(68)85)16-9-11-30-69-63(86)42-14-4-2-5-15-42/h2,4-5,7-8,12-15,17,19-20,23-26,32,39,43-46,55-56,71,74H,3,6,9-11,16,18,21-22,27-31,33-38,40H2,1H3,(H2,68,85)(H,69,86)(H,70,87)(H,72,88)(H,73,89)(H,79,80)(H,81,82)(H,83,84)/t43-,44-,45-,46-,55+,56-/m1/s1. The zero-order valence-corrected chi connectivity index (χ0v) is 52.4. The van der Waals surface area contributed by atoms with Crippen molar-refractivity contribution in [2.45, 2.75) is 133 Å². The van der Waals surface area contributed by atoms with Crippen LogP contribution in [0, 0.1) is 29.5 Å². The molecule has 5 aromatic rings. The summed E-state index contributed by atoms with van der Waals surface area (Å²) in [5.74, 6) is -15.6. The van der Waals surface area contributed by atoms with Crippen LogP contribution >= 0.6 is 0 Å². The smallest absolute Gasteiger partial charge is 0.305 e. The zero-order valence-electron chi connectivity index (χ0n) is 51.5. The van der Waals surface area contributed by atoms with Crippen LogP contribution in [0.3, 0.4) is 0 Å². The van der Waals surface area contributed by atoms with Crippen molar-refractivity contribution in [1.82, 2.24) is 31.0 Å². The summed E-state index contributed by atoms with van der Waals surface area (Å²) in [6, 6.07) is 22.4. The second-order valence-corrected chi connectivity index (χ2v) is 24.4. The summed E-state index contributed by atoms with van der Waals surface area (Å²) in [5.41, 5.74) is 7.62. The Morgan fingerprint density at radius 1 is 0.570 bits per heavy atom. The van der Waals surface area contributed by atoms with Crippen molar-refractivity contribution < 1.29 is 90.4 Å². The molecule has 0 aliphatic rings. The van der Waals surface area contributed by atoms with E-state index in [0.29, 0.717) is 72.8 Å². The van der Waals surface area contributed by atoms with E-state index in [0.717, 1.165) is 24.3 Å². The van der Waals surface area contributed by atoms with Crippen LogP contribution in [-0.2, 0) is 75.6 Å². The number of ketones is 4. The van der Waals surface area contributed by atoms with Crippen molar-refractivity contribution in [2.24, 2.45) is 29.4 Å². The van der Waals surface area contributed by atoms with Gasteiger partial charge in [-0.25, -0.2) is 17.5 Å². The van der Waals surface area contributed by atoms with Gasteiger partial charge < -0.3 is 52.0 Å². The maximum absolute atomic E-state index is 14.7. The number of aromatic amines is 1. The number of hydrogen-bond acceptors (Lipinski definition) is 15. The number of amides is 5. The fraction of sp³-hybridized carbons (Fsp3) is 0.424. The topological polar surface area (TPSA) is 411 Å². The molecule has 0 radical (unpaired) electrons. The third kappa shape index (κ3) is 26.0. The fourth-order valence-electron chi connectivity index (χ4n) is 10.5. The number of benzene rings is 4. The lowest BCUT2D eigenvalue weighted by Crippen LogP contribution is -2.47. The van der Waals surface area contributed by atoms with Crippen LogP contribution in [-0.4, -0.2) is 138 Å². The normalized spacial score (nSPS) is 13.2. The molecule has 11 N–H and O–H groups in total. The van der Waals surface area contributed by atoms with Gasteiger partial charge in [-0.3, -0.25) is 57.5 Å². The highest BCUT2D eigenvalue weighted by Gasteiger charge is 2.35. The molecule has 1 heterocycles. The Morgan fingerprint density at radius 2 is 1.18 bits per heavy atom. The summed E-state index contributed by atoms with van der Waals surface area (Å²) < 4.78 is 48.3. The third-order valence-corrected chi connectivity index (χ3v) is 17.1. The van der Waals surface area contributed by atoms with Gasteiger partial charge in [-0.1, -0.05) is 61.4 Å². The van der Waals surface area contributed by atoms with Crippen LogP contribution in [0.2, 0.25) is 0 Å². The van der Waals surface area contributed by atoms with Gasteiger partial charge in [0, 0.05) is 111 Å². The van der Waals surface area contributed by atoms with Crippen LogP contribution < -0.4 is 36.5 Å². The van der Waals surface area contributed by atoms with Gasteiger partial charge in [-0.2, -0.15) is 0 Å². The van der Waals surface area contributed by atoms with Gasteiger partial charge >= 0.3 is 17.9 Å². The predicted octanol–water partition coefficient (Wildman–Crippen LogP) is 5.32.